The van der Waals surface area contributed by atoms with Crippen LogP contribution in [-0.2, 0) is 14.3 Å². The van der Waals surface area contributed by atoms with Crippen molar-refractivity contribution in [3.8, 4) is 0 Å². The molecule has 4 heterocycles. The van der Waals surface area contributed by atoms with Gasteiger partial charge < -0.3 is 19.6 Å². The van der Waals surface area contributed by atoms with Crippen LogP contribution in [0.15, 0.2) is 24.5 Å². The van der Waals surface area contributed by atoms with Gasteiger partial charge in [0.2, 0.25) is 5.91 Å². The molecule has 28 heavy (non-hydrogen) atoms. The highest BCUT2D eigenvalue weighted by atomic mass is 16.5. The van der Waals surface area contributed by atoms with E-state index in [0.717, 1.165) is 44.1 Å². The average molecular weight is 385 g/mol. The van der Waals surface area contributed by atoms with Crippen molar-refractivity contribution in [1.29, 1.82) is 0 Å². The lowest BCUT2D eigenvalue weighted by atomic mass is 9.89. The summed E-state index contributed by atoms with van der Waals surface area (Å²) in [5.74, 6) is 0.241. The highest BCUT2D eigenvalue weighted by molar-refractivity contribution is 5.87. The highest BCUT2D eigenvalue weighted by Gasteiger charge is 2.52. The van der Waals surface area contributed by atoms with Crippen LogP contribution in [0.5, 0.6) is 0 Å². The monoisotopic (exact) mass is 385 g/mol. The van der Waals surface area contributed by atoms with E-state index < -0.39 is 12.1 Å². The van der Waals surface area contributed by atoms with Crippen LogP contribution < -0.4 is 0 Å². The van der Waals surface area contributed by atoms with E-state index in [4.69, 9.17) is 4.74 Å². The van der Waals surface area contributed by atoms with Crippen LogP contribution in [-0.4, -0.2) is 69.1 Å². The predicted octanol–water partition coefficient (Wildman–Crippen LogP) is 1.27. The third kappa shape index (κ3) is 3.01. The van der Waals surface area contributed by atoms with E-state index >= 15 is 0 Å². The number of morpholine rings is 1. The molecular formula is C21H27N3O4. The minimum absolute atomic E-state index is 0.00380. The third-order valence-corrected chi connectivity index (χ3v) is 6.81. The number of fused-ring (bicyclic) bond motifs is 2. The van der Waals surface area contributed by atoms with E-state index in [1.54, 1.807) is 12.4 Å². The second-order valence-corrected chi connectivity index (χ2v) is 8.65. The molecule has 3 saturated heterocycles. The maximum atomic E-state index is 13.7. The number of carbonyl (C=O) groups excluding carboxylic acids is 2. The summed E-state index contributed by atoms with van der Waals surface area (Å²) in [6.07, 6.45) is 8.42. The van der Waals surface area contributed by atoms with Gasteiger partial charge in [0.1, 0.15) is 6.61 Å². The van der Waals surface area contributed by atoms with Crippen LogP contribution in [0.4, 0.5) is 0 Å². The van der Waals surface area contributed by atoms with E-state index in [-0.39, 0.29) is 49.1 Å². The number of nitrogens with zero attached hydrogens (tertiary/aromatic N) is 3. The molecule has 1 aromatic rings. The lowest BCUT2D eigenvalue weighted by Gasteiger charge is -2.45. The fourth-order valence-electron chi connectivity index (χ4n) is 5.45. The number of aromatic nitrogens is 1. The molecule has 1 N–H and O–H groups in total. The zero-order valence-corrected chi connectivity index (χ0v) is 15.9. The highest BCUT2D eigenvalue weighted by Crippen LogP contribution is 2.43. The average Bonchev–Trinajstić information content (AvgIpc) is 3.52. The van der Waals surface area contributed by atoms with Gasteiger partial charge in [0.05, 0.1) is 6.04 Å². The Hall–Kier alpha value is -1.99. The minimum Gasteiger partial charge on any atom is -0.396 e. The van der Waals surface area contributed by atoms with Gasteiger partial charge >= 0.3 is 0 Å². The first-order chi connectivity index (χ1) is 13.7. The van der Waals surface area contributed by atoms with Gasteiger partial charge in [0, 0.05) is 37.1 Å². The molecule has 5 rings (SSSR count). The molecule has 0 spiro atoms. The normalized spacial score (nSPS) is 35.3. The predicted molar refractivity (Wildman–Crippen MR) is 100 cm³/mol. The Labute approximate surface area is 164 Å². The van der Waals surface area contributed by atoms with Crippen molar-refractivity contribution in [2.24, 2.45) is 5.92 Å². The largest absolute Gasteiger partial charge is 0.396 e. The first-order valence-corrected chi connectivity index (χ1v) is 10.4. The number of amides is 2. The first kappa shape index (κ1) is 18.1. The quantitative estimate of drug-likeness (QED) is 0.844. The van der Waals surface area contributed by atoms with Crippen LogP contribution >= 0.6 is 0 Å². The second kappa shape index (κ2) is 7.12. The van der Waals surface area contributed by atoms with E-state index in [9.17, 15) is 14.7 Å². The number of pyridine rings is 1. The van der Waals surface area contributed by atoms with E-state index in [0.29, 0.717) is 0 Å². The molecule has 4 aliphatic rings. The van der Waals surface area contributed by atoms with Crippen molar-refractivity contribution >= 4 is 11.8 Å². The van der Waals surface area contributed by atoms with Gasteiger partial charge in [-0.25, -0.2) is 0 Å². The maximum Gasteiger partial charge on any atom is 0.254 e. The van der Waals surface area contributed by atoms with Crippen LogP contribution in [0.2, 0.25) is 0 Å². The van der Waals surface area contributed by atoms with Gasteiger partial charge in [-0.1, -0.05) is 6.07 Å². The lowest BCUT2D eigenvalue weighted by molar-refractivity contribution is -0.173. The Balaban J connectivity index is 1.46. The zero-order valence-electron chi connectivity index (χ0n) is 15.9. The Bertz CT molecular complexity index is 739. The summed E-state index contributed by atoms with van der Waals surface area (Å²) >= 11 is 0. The molecule has 1 saturated carbocycles. The number of carbonyl (C=O) groups is 2. The molecule has 1 unspecified atom stereocenters. The van der Waals surface area contributed by atoms with Crippen LogP contribution in [0.3, 0.4) is 0 Å². The Kier molecular flexibility index (Phi) is 4.59. The molecular weight excluding hydrogens is 358 g/mol. The molecule has 3 aliphatic heterocycles. The van der Waals surface area contributed by atoms with Gasteiger partial charge in [0.25, 0.3) is 5.91 Å². The minimum atomic E-state index is -0.684. The van der Waals surface area contributed by atoms with E-state index in [2.05, 4.69) is 4.98 Å². The SMILES string of the molecule is O=C1CO[C@H](C(=O)N2[C@@H]3CC[C@H]2CC(CO)C3)[C@@H](c2cccnc2)N1C1CC1. The van der Waals surface area contributed by atoms with Crippen LogP contribution in [0.1, 0.15) is 50.1 Å². The molecule has 2 amide bonds. The molecule has 1 aliphatic carbocycles. The molecule has 2 bridgehead atoms. The summed E-state index contributed by atoms with van der Waals surface area (Å²) in [6.45, 7) is 0.156. The van der Waals surface area contributed by atoms with Crippen LogP contribution in [0, 0.1) is 5.92 Å². The number of piperidine rings is 1. The molecule has 0 aromatic carbocycles. The van der Waals surface area contributed by atoms with E-state index in [1.165, 1.54) is 0 Å². The Morgan fingerprint density at radius 3 is 2.50 bits per heavy atom. The van der Waals surface area contributed by atoms with E-state index in [1.807, 2.05) is 21.9 Å². The molecule has 1 aromatic heterocycles. The molecule has 5 atom stereocenters. The fraction of sp³-hybridized carbons (Fsp3) is 0.667. The van der Waals surface area contributed by atoms with Gasteiger partial charge in [-0.05, 0) is 56.1 Å². The number of aliphatic hydroxyl groups is 1. The van der Waals surface area contributed by atoms with Gasteiger partial charge in [-0.15, -0.1) is 0 Å². The summed E-state index contributed by atoms with van der Waals surface area (Å²) in [4.78, 5) is 34.4. The Morgan fingerprint density at radius 2 is 1.89 bits per heavy atom. The molecule has 7 nitrogen and oxygen atoms in total. The fourth-order valence-corrected chi connectivity index (χ4v) is 5.45. The summed E-state index contributed by atoms with van der Waals surface area (Å²) in [5.41, 5.74) is 0.860. The lowest BCUT2D eigenvalue weighted by Crippen LogP contribution is -2.58. The molecule has 7 heteroatoms. The van der Waals surface area contributed by atoms with Gasteiger partial charge in [-0.2, -0.15) is 0 Å². The van der Waals surface area contributed by atoms with Gasteiger partial charge in [-0.3, -0.25) is 14.6 Å². The Morgan fingerprint density at radius 1 is 1.18 bits per heavy atom. The number of aliphatic hydroxyl groups excluding tert-OH is 1. The summed E-state index contributed by atoms with van der Waals surface area (Å²) in [6, 6.07) is 3.92. The number of rotatable bonds is 4. The van der Waals surface area contributed by atoms with Crippen molar-refractivity contribution in [3.05, 3.63) is 30.1 Å². The smallest absolute Gasteiger partial charge is 0.254 e. The maximum absolute atomic E-state index is 13.7. The number of hydrogen-bond acceptors (Lipinski definition) is 5. The van der Waals surface area contributed by atoms with Crippen molar-refractivity contribution in [2.75, 3.05) is 13.2 Å². The molecule has 0 radical (unpaired) electrons. The van der Waals surface area contributed by atoms with Crippen molar-refractivity contribution < 1.29 is 19.4 Å². The topological polar surface area (TPSA) is 83.0 Å². The van der Waals surface area contributed by atoms with Crippen molar-refractivity contribution in [2.45, 2.75) is 68.8 Å². The second-order valence-electron chi connectivity index (χ2n) is 8.65. The first-order valence-electron chi connectivity index (χ1n) is 10.4. The summed E-state index contributed by atoms with van der Waals surface area (Å²) < 4.78 is 5.90. The van der Waals surface area contributed by atoms with Crippen LogP contribution in [0.25, 0.3) is 0 Å². The molecule has 4 fully saturated rings. The zero-order chi connectivity index (χ0) is 19.3. The molecule has 150 valence electrons. The summed E-state index contributed by atoms with van der Waals surface area (Å²) in [5, 5.41) is 9.57. The summed E-state index contributed by atoms with van der Waals surface area (Å²) in [7, 11) is 0. The van der Waals surface area contributed by atoms with Crippen molar-refractivity contribution in [1.82, 2.24) is 14.8 Å². The van der Waals surface area contributed by atoms with Gasteiger partial charge in [0.15, 0.2) is 6.10 Å². The standard InChI is InChI=1S/C21H27N3O4/c25-11-13-8-16-5-6-17(9-13)23(16)21(27)20-19(14-2-1-7-22-10-14)24(15-3-4-15)18(26)12-28-20/h1-2,7,10,13,15-17,19-20,25H,3-6,8-9,11-12H2/t13?,16-,17+,19-,20+/m1/s1. The third-order valence-electron chi connectivity index (χ3n) is 6.81. The van der Waals surface area contributed by atoms with Crippen molar-refractivity contribution in [3.63, 3.8) is 0 Å². The number of hydrogen-bond donors (Lipinski definition) is 1. The number of ether oxygens (including phenoxy) is 1.